The van der Waals surface area contributed by atoms with Crippen LogP contribution < -0.4 is 11.1 Å². The molecule has 0 saturated heterocycles. The summed E-state index contributed by atoms with van der Waals surface area (Å²) in [7, 11) is 0. The molecule has 0 aromatic rings. The number of carbonyl (C=O) groups is 1. The predicted octanol–water partition coefficient (Wildman–Crippen LogP) is 0.921. The maximum Gasteiger partial charge on any atom is 0.230 e. The summed E-state index contributed by atoms with van der Waals surface area (Å²) < 4.78 is 0. The molecule has 5 heteroatoms. The van der Waals surface area contributed by atoms with Crippen LogP contribution in [0.5, 0.6) is 0 Å². The summed E-state index contributed by atoms with van der Waals surface area (Å²) in [5.74, 6) is -0.868. The lowest BCUT2D eigenvalue weighted by Gasteiger charge is -2.19. The van der Waals surface area contributed by atoms with Crippen molar-refractivity contribution in [3.8, 4) is 0 Å². The fourth-order valence-corrected chi connectivity index (χ4v) is 0.935. The van der Waals surface area contributed by atoms with E-state index in [1.165, 1.54) is 0 Å². The van der Waals surface area contributed by atoms with Crippen molar-refractivity contribution in [3.05, 3.63) is 0 Å². The molecule has 0 aromatic heterocycles. The number of nitrogens with zero attached hydrogens (tertiary/aromatic N) is 1. The monoisotopic (exact) mass is 215 g/mol. The molecule has 1 unspecified atom stereocenters. The quantitative estimate of drug-likeness (QED) is 0.282. The fourth-order valence-electron chi connectivity index (χ4n) is 0.935. The van der Waals surface area contributed by atoms with Crippen molar-refractivity contribution >= 4 is 11.7 Å². The molecule has 15 heavy (non-hydrogen) atoms. The zero-order valence-corrected chi connectivity index (χ0v) is 9.87. The molecule has 0 heterocycles. The van der Waals surface area contributed by atoms with Crippen LogP contribution in [0, 0.1) is 11.3 Å². The predicted molar refractivity (Wildman–Crippen MR) is 59.7 cm³/mol. The normalized spacial score (nSPS) is 14.8. The summed E-state index contributed by atoms with van der Waals surface area (Å²) in [6, 6.07) is 0. The van der Waals surface area contributed by atoms with Crippen LogP contribution in [0.3, 0.4) is 0 Å². The van der Waals surface area contributed by atoms with Crippen LogP contribution in [0.25, 0.3) is 0 Å². The highest BCUT2D eigenvalue weighted by Gasteiger charge is 2.18. The van der Waals surface area contributed by atoms with Crippen molar-refractivity contribution in [2.24, 2.45) is 22.2 Å². The summed E-state index contributed by atoms with van der Waals surface area (Å²) in [5.41, 5.74) is 5.50. The molecule has 1 atom stereocenters. The van der Waals surface area contributed by atoms with Crippen LogP contribution in [-0.4, -0.2) is 23.5 Å². The van der Waals surface area contributed by atoms with E-state index in [1.807, 2.05) is 0 Å². The minimum absolute atomic E-state index is 0.0664. The van der Waals surface area contributed by atoms with Crippen LogP contribution in [0.4, 0.5) is 0 Å². The molecule has 0 aliphatic carbocycles. The first-order chi connectivity index (χ1) is 6.78. The van der Waals surface area contributed by atoms with Crippen molar-refractivity contribution in [2.75, 3.05) is 6.54 Å². The third kappa shape index (κ3) is 5.93. The maximum atomic E-state index is 11.4. The molecule has 0 aromatic carbocycles. The van der Waals surface area contributed by atoms with Crippen LogP contribution in [0.15, 0.2) is 5.16 Å². The van der Waals surface area contributed by atoms with Crippen molar-refractivity contribution in [1.29, 1.82) is 0 Å². The zero-order chi connectivity index (χ0) is 12.1. The minimum Gasteiger partial charge on any atom is -0.409 e. The standard InChI is InChI=1S/C10H21N3O2/c1-7(8(11)13-15)9(14)12-6-5-10(2,3)4/h7,15H,5-6H2,1-4H3,(H2,11,13)(H,12,14). The topological polar surface area (TPSA) is 87.7 Å². The Morgan fingerprint density at radius 1 is 1.53 bits per heavy atom. The van der Waals surface area contributed by atoms with Gasteiger partial charge in [0.2, 0.25) is 5.91 Å². The molecule has 0 rings (SSSR count). The Morgan fingerprint density at radius 2 is 2.07 bits per heavy atom. The van der Waals surface area contributed by atoms with Gasteiger partial charge in [-0.3, -0.25) is 4.79 Å². The zero-order valence-electron chi connectivity index (χ0n) is 9.87. The van der Waals surface area contributed by atoms with E-state index in [-0.39, 0.29) is 17.2 Å². The number of hydrogen-bond acceptors (Lipinski definition) is 3. The average molecular weight is 215 g/mol. The number of amidine groups is 1. The lowest BCUT2D eigenvalue weighted by molar-refractivity contribution is -0.122. The number of hydrogen-bond donors (Lipinski definition) is 3. The fraction of sp³-hybridized carbons (Fsp3) is 0.800. The Hall–Kier alpha value is -1.26. The number of amides is 1. The second-order valence-corrected chi connectivity index (χ2v) is 4.85. The van der Waals surface area contributed by atoms with Crippen LogP contribution in [0.1, 0.15) is 34.1 Å². The van der Waals surface area contributed by atoms with Gasteiger partial charge in [0.15, 0.2) is 5.84 Å². The molecule has 5 nitrogen and oxygen atoms in total. The second kappa shape index (κ2) is 5.58. The van der Waals surface area contributed by atoms with Crippen LogP contribution in [0.2, 0.25) is 0 Å². The van der Waals surface area contributed by atoms with Gasteiger partial charge in [0.05, 0.1) is 5.92 Å². The average Bonchev–Trinajstić information content (AvgIpc) is 2.13. The smallest absolute Gasteiger partial charge is 0.230 e. The van der Waals surface area contributed by atoms with Crippen LogP contribution >= 0.6 is 0 Å². The number of rotatable bonds is 4. The minimum atomic E-state index is -0.588. The van der Waals surface area contributed by atoms with Gasteiger partial charge >= 0.3 is 0 Å². The molecular weight excluding hydrogens is 194 g/mol. The van der Waals surface area contributed by atoms with Gasteiger partial charge in [-0.2, -0.15) is 0 Å². The van der Waals surface area contributed by atoms with Crippen molar-refractivity contribution < 1.29 is 10.0 Å². The molecule has 0 aliphatic rings. The first-order valence-electron chi connectivity index (χ1n) is 5.03. The molecular formula is C10H21N3O2. The van der Waals surface area contributed by atoms with E-state index in [9.17, 15) is 4.79 Å². The van der Waals surface area contributed by atoms with E-state index in [1.54, 1.807) is 6.92 Å². The van der Waals surface area contributed by atoms with Gasteiger partial charge in [0, 0.05) is 6.54 Å². The summed E-state index contributed by atoms with van der Waals surface area (Å²) in [6.07, 6.45) is 0.891. The maximum absolute atomic E-state index is 11.4. The number of carbonyl (C=O) groups excluding carboxylic acids is 1. The Kier molecular flexibility index (Phi) is 5.11. The van der Waals surface area contributed by atoms with Crippen molar-refractivity contribution in [3.63, 3.8) is 0 Å². The van der Waals surface area contributed by atoms with Crippen LogP contribution in [-0.2, 0) is 4.79 Å². The van der Waals surface area contributed by atoms with Gasteiger partial charge in [0.1, 0.15) is 0 Å². The highest BCUT2D eigenvalue weighted by molar-refractivity contribution is 6.01. The third-order valence-electron chi connectivity index (χ3n) is 2.13. The first kappa shape index (κ1) is 13.7. The summed E-state index contributed by atoms with van der Waals surface area (Å²) in [4.78, 5) is 11.4. The van der Waals surface area contributed by atoms with Gasteiger partial charge in [0.25, 0.3) is 0 Å². The van der Waals surface area contributed by atoms with E-state index < -0.39 is 5.92 Å². The van der Waals surface area contributed by atoms with Gasteiger partial charge < -0.3 is 16.3 Å². The van der Waals surface area contributed by atoms with Crippen molar-refractivity contribution in [1.82, 2.24) is 5.32 Å². The molecule has 0 saturated carbocycles. The number of nitrogens with two attached hydrogens (primary N) is 1. The number of nitrogens with one attached hydrogen (secondary N) is 1. The molecule has 0 aliphatic heterocycles. The molecule has 1 amide bonds. The van der Waals surface area contributed by atoms with E-state index in [0.717, 1.165) is 6.42 Å². The SMILES string of the molecule is CC(C(=O)NCCC(C)(C)C)C(N)=NO. The molecule has 88 valence electrons. The molecule has 0 bridgehead atoms. The summed E-state index contributed by atoms with van der Waals surface area (Å²) in [6.45, 7) is 8.51. The highest BCUT2D eigenvalue weighted by atomic mass is 16.4. The lowest BCUT2D eigenvalue weighted by Crippen LogP contribution is -2.38. The summed E-state index contributed by atoms with van der Waals surface area (Å²) in [5, 5.41) is 13.9. The number of oxime groups is 1. The third-order valence-corrected chi connectivity index (χ3v) is 2.13. The Bertz CT molecular complexity index is 244. The Balaban J connectivity index is 3.95. The van der Waals surface area contributed by atoms with Gasteiger partial charge in [-0.15, -0.1) is 0 Å². The summed E-state index contributed by atoms with van der Waals surface area (Å²) >= 11 is 0. The first-order valence-corrected chi connectivity index (χ1v) is 5.03. The molecule has 0 fully saturated rings. The van der Waals surface area contributed by atoms with E-state index in [0.29, 0.717) is 6.54 Å². The van der Waals surface area contributed by atoms with Gasteiger partial charge in [-0.1, -0.05) is 25.9 Å². The lowest BCUT2D eigenvalue weighted by atomic mass is 9.92. The second-order valence-electron chi connectivity index (χ2n) is 4.85. The van der Waals surface area contributed by atoms with Gasteiger partial charge in [-0.05, 0) is 18.8 Å². The Morgan fingerprint density at radius 3 is 2.47 bits per heavy atom. The van der Waals surface area contributed by atoms with E-state index >= 15 is 0 Å². The van der Waals surface area contributed by atoms with Crippen molar-refractivity contribution in [2.45, 2.75) is 34.1 Å². The van der Waals surface area contributed by atoms with Gasteiger partial charge in [-0.25, -0.2) is 0 Å². The largest absolute Gasteiger partial charge is 0.409 e. The van der Waals surface area contributed by atoms with E-state index in [4.69, 9.17) is 10.9 Å². The molecule has 0 radical (unpaired) electrons. The Labute approximate surface area is 90.7 Å². The molecule has 0 spiro atoms. The van der Waals surface area contributed by atoms with E-state index in [2.05, 4.69) is 31.2 Å². The molecule has 4 N–H and O–H groups in total. The highest BCUT2D eigenvalue weighted by Crippen LogP contribution is 2.16.